The van der Waals surface area contributed by atoms with Gasteiger partial charge in [-0.05, 0) is 12.8 Å². The Balaban J connectivity index is 1.91. The second-order valence-corrected chi connectivity index (χ2v) is 5.75. The molecule has 1 saturated carbocycles. The number of carbonyl (C=O) groups excluding carboxylic acids is 1. The van der Waals surface area contributed by atoms with Crippen molar-refractivity contribution in [2.75, 3.05) is 26.3 Å². The Morgan fingerprint density at radius 1 is 1.30 bits per heavy atom. The number of morpholine rings is 1. The lowest BCUT2D eigenvalue weighted by molar-refractivity contribution is -0.125. The Kier molecular flexibility index (Phi) is 3.62. The quantitative estimate of drug-likeness (QED) is 0.704. The molecule has 20 heavy (non-hydrogen) atoms. The van der Waals surface area contributed by atoms with Crippen LogP contribution in [0.5, 0.6) is 0 Å². The van der Waals surface area contributed by atoms with Gasteiger partial charge in [0, 0.05) is 13.1 Å². The van der Waals surface area contributed by atoms with Gasteiger partial charge >= 0.3 is 0 Å². The number of nitriles is 1. The van der Waals surface area contributed by atoms with Crippen molar-refractivity contribution in [1.82, 2.24) is 10.2 Å². The molecule has 0 aromatic carbocycles. The fourth-order valence-corrected chi connectivity index (χ4v) is 3.40. The van der Waals surface area contributed by atoms with E-state index in [1.807, 2.05) is 0 Å². The molecular weight excluding hydrogens is 256 g/mol. The first-order chi connectivity index (χ1) is 9.75. The highest BCUT2D eigenvalue weighted by molar-refractivity contribution is 6.02. The van der Waals surface area contributed by atoms with E-state index >= 15 is 0 Å². The molecule has 1 atom stereocenters. The molecular formula is C14H20N4O2. The molecule has 2 aliphatic heterocycles. The van der Waals surface area contributed by atoms with Gasteiger partial charge in [-0.1, -0.05) is 19.3 Å². The van der Waals surface area contributed by atoms with Gasteiger partial charge in [0.05, 0.1) is 24.8 Å². The average molecular weight is 276 g/mol. The van der Waals surface area contributed by atoms with Gasteiger partial charge in [0.15, 0.2) is 5.92 Å². The van der Waals surface area contributed by atoms with Gasteiger partial charge in [-0.3, -0.25) is 10.1 Å². The van der Waals surface area contributed by atoms with E-state index in [-0.39, 0.29) is 5.91 Å². The van der Waals surface area contributed by atoms with Crippen molar-refractivity contribution in [2.45, 2.75) is 37.6 Å². The first-order valence-electron chi connectivity index (χ1n) is 7.38. The molecule has 2 heterocycles. The summed E-state index contributed by atoms with van der Waals surface area (Å²) in [5.74, 6) is -0.190. The summed E-state index contributed by atoms with van der Waals surface area (Å²) in [6.45, 7) is 2.80. The molecule has 1 N–H and O–H groups in total. The second-order valence-electron chi connectivity index (χ2n) is 5.75. The molecule has 1 saturated heterocycles. The van der Waals surface area contributed by atoms with Gasteiger partial charge < -0.3 is 9.64 Å². The number of aliphatic imine (C=N–C) groups is 1. The van der Waals surface area contributed by atoms with Gasteiger partial charge in [0.1, 0.15) is 0 Å². The Bertz CT molecular complexity index is 456. The fraction of sp³-hybridized carbons (Fsp3) is 0.786. The van der Waals surface area contributed by atoms with Crippen LogP contribution in [-0.4, -0.2) is 48.6 Å². The lowest BCUT2D eigenvalue weighted by atomic mass is 9.72. The molecule has 0 aromatic rings. The van der Waals surface area contributed by atoms with Gasteiger partial charge in [-0.2, -0.15) is 5.26 Å². The first kappa shape index (κ1) is 13.4. The zero-order chi connectivity index (χ0) is 14.0. The van der Waals surface area contributed by atoms with Crippen LogP contribution in [0.15, 0.2) is 4.99 Å². The summed E-state index contributed by atoms with van der Waals surface area (Å²) in [5.41, 5.74) is -0.497. The number of nitrogens with one attached hydrogen (secondary N) is 1. The zero-order valence-corrected chi connectivity index (χ0v) is 11.6. The summed E-state index contributed by atoms with van der Waals surface area (Å²) in [6, 6.07) is 2.18. The van der Waals surface area contributed by atoms with Crippen LogP contribution in [0.25, 0.3) is 0 Å². The summed E-state index contributed by atoms with van der Waals surface area (Å²) in [6.07, 6.45) is 4.94. The van der Waals surface area contributed by atoms with E-state index < -0.39 is 11.5 Å². The van der Waals surface area contributed by atoms with Crippen LogP contribution in [0.1, 0.15) is 32.1 Å². The Morgan fingerprint density at radius 2 is 2.00 bits per heavy atom. The first-order valence-corrected chi connectivity index (χ1v) is 7.38. The molecule has 0 aromatic heterocycles. The number of amides is 1. The van der Waals surface area contributed by atoms with E-state index in [9.17, 15) is 10.1 Å². The Morgan fingerprint density at radius 3 is 2.65 bits per heavy atom. The number of guanidine groups is 1. The molecule has 1 aliphatic carbocycles. The predicted octanol–water partition coefficient (Wildman–Crippen LogP) is 0.647. The normalized spacial score (nSPS) is 29.6. The van der Waals surface area contributed by atoms with Crippen LogP contribution in [0.2, 0.25) is 0 Å². The number of hydrogen-bond donors (Lipinski definition) is 1. The van der Waals surface area contributed by atoms with Crippen molar-refractivity contribution in [3.63, 3.8) is 0 Å². The molecule has 0 bridgehead atoms. The topological polar surface area (TPSA) is 77.7 Å². The van der Waals surface area contributed by atoms with Gasteiger partial charge in [-0.15, -0.1) is 0 Å². The number of hydrogen-bond acceptors (Lipinski definition) is 5. The Labute approximate surface area is 118 Å². The van der Waals surface area contributed by atoms with Crippen molar-refractivity contribution in [3.05, 3.63) is 0 Å². The van der Waals surface area contributed by atoms with E-state index in [0.717, 1.165) is 38.8 Å². The van der Waals surface area contributed by atoms with Crippen LogP contribution in [0.4, 0.5) is 0 Å². The van der Waals surface area contributed by atoms with Crippen molar-refractivity contribution in [2.24, 2.45) is 10.9 Å². The summed E-state index contributed by atoms with van der Waals surface area (Å²) in [4.78, 5) is 19.2. The molecule has 0 unspecified atom stereocenters. The summed E-state index contributed by atoms with van der Waals surface area (Å²) < 4.78 is 5.33. The number of nitrogens with zero attached hydrogens (tertiary/aromatic N) is 3. The summed E-state index contributed by atoms with van der Waals surface area (Å²) >= 11 is 0. The number of carbonyl (C=O) groups is 1. The molecule has 3 rings (SSSR count). The lowest BCUT2D eigenvalue weighted by Crippen LogP contribution is -2.59. The Hall–Kier alpha value is -1.61. The average Bonchev–Trinajstić information content (AvgIpc) is 2.49. The maximum Gasteiger partial charge on any atom is 0.246 e. The monoisotopic (exact) mass is 276 g/mol. The van der Waals surface area contributed by atoms with Crippen LogP contribution in [0, 0.1) is 17.2 Å². The smallest absolute Gasteiger partial charge is 0.246 e. The fourth-order valence-electron chi connectivity index (χ4n) is 3.40. The van der Waals surface area contributed by atoms with Crippen LogP contribution < -0.4 is 5.32 Å². The van der Waals surface area contributed by atoms with E-state index in [1.165, 1.54) is 6.42 Å². The van der Waals surface area contributed by atoms with Crippen molar-refractivity contribution < 1.29 is 9.53 Å². The second kappa shape index (κ2) is 5.41. The lowest BCUT2D eigenvalue weighted by Gasteiger charge is -2.42. The third kappa shape index (κ3) is 2.27. The minimum Gasteiger partial charge on any atom is -0.378 e. The van der Waals surface area contributed by atoms with E-state index in [2.05, 4.69) is 16.3 Å². The summed E-state index contributed by atoms with van der Waals surface area (Å²) in [5, 5.41) is 12.2. The molecule has 108 valence electrons. The number of rotatable bonds is 0. The van der Waals surface area contributed by atoms with E-state index in [0.29, 0.717) is 19.2 Å². The minimum absolute atomic E-state index is 0.189. The maximum absolute atomic E-state index is 12.3. The van der Waals surface area contributed by atoms with Crippen LogP contribution >= 0.6 is 0 Å². The minimum atomic E-state index is -0.646. The number of ether oxygens (including phenoxy) is 1. The molecule has 1 spiro atoms. The molecule has 2 fully saturated rings. The third-order valence-electron chi connectivity index (χ3n) is 4.52. The van der Waals surface area contributed by atoms with E-state index in [4.69, 9.17) is 9.73 Å². The van der Waals surface area contributed by atoms with Gasteiger partial charge in [0.2, 0.25) is 11.9 Å². The SMILES string of the molecule is N#C[C@@H]1C(=O)NC(N2CCOCC2)=NC12CCCCC2. The predicted molar refractivity (Wildman–Crippen MR) is 72.9 cm³/mol. The molecule has 6 nitrogen and oxygen atoms in total. The molecule has 1 amide bonds. The van der Waals surface area contributed by atoms with Crippen molar-refractivity contribution >= 4 is 11.9 Å². The maximum atomic E-state index is 12.3. The largest absolute Gasteiger partial charge is 0.378 e. The zero-order valence-electron chi connectivity index (χ0n) is 11.6. The highest BCUT2D eigenvalue weighted by Crippen LogP contribution is 2.39. The van der Waals surface area contributed by atoms with Gasteiger partial charge in [-0.25, -0.2) is 4.99 Å². The van der Waals surface area contributed by atoms with Crippen LogP contribution in [0.3, 0.4) is 0 Å². The van der Waals surface area contributed by atoms with Crippen LogP contribution in [-0.2, 0) is 9.53 Å². The van der Waals surface area contributed by atoms with E-state index in [1.54, 1.807) is 0 Å². The molecule has 6 heteroatoms. The standard InChI is InChI=1S/C14H20N4O2/c15-10-11-12(19)16-13(18-6-8-20-9-7-18)17-14(11)4-2-1-3-5-14/h11H,1-9H2,(H,16,17,19)/t11-/m1/s1. The third-order valence-corrected chi connectivity index (χ3v) is 4.52. The van der Waals surface area contributed by atoms with Crippen molar-refractivity contribution in [3.8, 4) is 6.07 Å². The molecule has 3 aliphatic rings. The van der Waals surface area contributed by atoms with Crippen molar-refractivity contribution in [1.29, 1.82) is 5.26 Å². The summed E-state index contributed by atoms with van der Waals surface area (Å²) in [7, 11) is 0. The highest BCUT2D eigenvalue weighted by atomic mass is 16.5. The molecule has 0 radical (unpaired) electrons. The van der Waals surface area contributed by atoms with Gasteiger partial charge in [0.25, 0.3) is 0 Å². The highest BCUT2D eigenvalue weighted by Gasteiger charge is 2.48.